The molecule has 0 radical (unpaired) electrons. The van der Waals surface area contributed by atoms with Gasteiger partial charge in [0.25, 0.3) is 5.56 Å². The summed E-state index contributed by atoms with van der Waals surface area (Å²) in [6.07, 6.45) is 0. The van der Waals surface area contributed by atoms with Gasteiger partial charge >= 0.3 is 0 Å². The number of aryl methyl sites for hydroxylation is 1. The third kappa shape index (κ3) is 2.12. The second-order valence-electron chi connectivity index (χ2n) is 5.04. The molecule has 0 saturated carbocycles. The third-order valence-electron chi connectivity index (χ3n) is 3.27. The minimum absolute atomic E-state index is 0.152. The van der Waals surface area contributed by atoms with Crippen LogP contribution in [0.1, 0.15) is 24.2 Å². The number of hydrogen-bond donors (Lipinski definition) is 2. The molecule has 1 atom stereocenters. The standard InChI is InChI=1S/C15H16N4O/c1-9-4-3-5-11(6-9)13-7-14-17-12(10(2)16)8-15(20)19(14)18-13/h3-8,10,18H,16H2,1-2H3. The second-order valence-corrected chi connectivity index (χ2v) is 5.04. The lowest BCUT2D eigenvalue weighted by molar-refractivity contribution is 0.765. The van der Waals surface area contributed by atoms with E-state index in [1.165, 1.54) is 10.6 Å². The van der Waals surface area contributed by atoms with Crippen molar-refractivity contribution in [3.63, 3.8) is 0 Å². The van der Waals surface area contributed by atoms with Crippen LogP contribution in [-0.4, -0.2) is 14.6 Å². The number of rotatable bonds is 2. The van der Waals surface area contributed by atoms with Gasteiger partial charge in [-0.1, -0.05) is 23.8 Å². The van der Waals surface area contributed by atoms with Crippen LogP contribution in [0.25, 0.3) is 16.9 Å². The van der Waals surface area contributed by atoms with Crippen molar-refractivity contribution in [3.8, 4) is 11.3 Å². The van der Waals surface area contributed by atoms with Crippen molar-refractivity contribution in [1.82, 2.24) is 14.6 Å². The van der Waals surface area contributed by atoms with Crippen LogP contribution in [0, 0.1) is 6.92 Å². The zero-order valence-corrected chi connectivity index (χ0v) is 11.4. The molecule has 0 aliphatic heterocycles. The van der Waals surface area contributed by atoms with Crippen LogP contribution in [0.5, 0.6) is 0 Å². The fraction of sp³-hybridized carbons (Fsp3) is 0.200. The minimum Gasteiger partial charge on any atom is -0.323 e. The molecule has 3 rings (SSSR count). The molecule has 5 heteroatoms. The molecule has 1 aromatic carbocycles. The first kappa shape index (κ1) is 12.6. The van der Waals surface area contributed by atoms with Crippen LogP contribution in [0.3, 0.4) is 0 Å². The largest absolute Gasteiger partial charge is 0.323 e. The highest BCUT2D eigenvalue weighted by Crippen LogP contribution is 2.19. The number of H-pyrrole nitrogens is 1. The molecule has 2 aromatic heterocycles. The number of nitrogens with two attached hydrogens (primary N) is 1. The van der Waals surface area contributed by atoms with E-state index >= 15 is 0 Å². The summed E-state index contributed by atoms with van der Waals surface area (Å²) >= 11 is 0. The summed E-state index contributed by atoms with van der Waals surface area (Å²) in [6.45, 7) is 3.84. The van der Waals surface area contributed by atoms with Gasteiger partial charge in [-0.3, -0.25) is 9.89 Å². The highest BCUT2D eigenvalue weighted by atomic mass is 16.1. The fourth-order valence-electron chi connectivity index (χ4n) is 2.20. The first-order valence-electron chi connectivity index (χ1n) is 6.50. The van der Waals surface area contributed by atoms with Crippen molar-refractivity contribution in [2.75, 3.05) is 0 Å². The Bertz CT molecular complexity index is 829. The quantitative estimate of drug-likeness (QED) is 0.746. The monoisotopic (exact) mass is 268 g/mol. The zero-order chi connectivity index (χ0) is 14.3. The first-order valence-corrected chi connectivity index (χ1v) is 6.50. The molecule has 102 valence electrons. The van der Waals surface area contributed by atoms with E-state index in [2.05, 4.69) is 16.1 Å². The van der Waals surface area contributed by atoms with Crippen LogP contribution in [-0.2, 0) is 0 Å². The van der Waals surface area contributed by atoms with Gasteiger partial charge < -0.3 is 5.73 Å². The van der Waals surface area contributed by atoms with E-state index in [4.69, 9.17) is 5.73 Å². The summed E-state index contributed by atoms with van der Waals surface area (Å²) < 4.78 is 1.43. The van der Waals surface area contributed by atoms with E-state index in [1.54, 1.807) is 0 Å². The molecule has 5 nitrogen and oxygen atoms in total. The van der Waals surface area contributed by atoms with Crippen molar-refractivity contribution in [2.45, 2.75) is 19.9 Å². The first-order chi connectivity index (χ1) is 9.54. The van der Waals surface area contributed by atoms with Gasteiger partial charge in [-0.2, -0.15) is 0 Å². The van der Waals surface area contributed by atoms with E-state index in [0.29, 0.717) is 11.3 Å². The summed E-state index contributed by atoms with van der Waals surface area (Å²) in [5.74, 6) is 0. The van der Waals surface area contributed by atoms with Gasteiger partial charge in [-0.15, -0.1) is 0 Å². The smallest absolute Gasteiger partial charge is 0.272 e. The number of aromatic nitrogens is 3. The molecule has 0 spiro atoms. The van der Waals surface area contributed by atoms with Gasteiger partial charge in [0.15, 0.2) is 5.65 Å². The van der Waals surface area contributed by atoms with Gasteiger partial charge in [0, 0.05) is 18.2 Å². The Labute approximate surface area is 116 Å². The molecule has 1 unspecified atom stereocenters. The summed E-state index contributed by atoms with van der Waals surface area (Å²) in [5.41, 5.74) is 9.88. The molecule has 0 fully saturated rings. The van der Waals surface area contributed by atoms with Gasteiger partial charge in [0.2, 0.25) is 0 Å². The Balaban J connectivity index is 2.20. The van der Waals surface area contributed by atoms with Gasteiger partial charge in [0.1, 0.15) is 0 Å². The predicted octanol–water partition coefficient (Wildman–Crippen LogP) is 2.02. The molecule has 20 heavy (non-hydrogen) atoms. The molecule has 0 aliphatic carbocycles. The number of hydrogen-bond acceptors (Lipinski definition) is 3. The average Bonchev–Trinajstić information content (AvgIpc) is 2.83. The number of nitrogens with zero attached hydrogens (tertiary/aromatic N) is 2. The van der Waals surface area contributed by atoms with Crippen molar-refractivity contribution >= 4 is 5.65 Å². The molecule has 3 N–H and O–H groups in total. The number of nitrogens with one attached hydrogen (secondary N) is 1. The SMILES string of the molecule is Cc1cccc(-c2cc3nc(C(C)N)cc(=O)n3[nH]2)c1. The van der Waals surface area contributed by atoms with Crippen molar-refractivity contribution < 1.29 is 0 Å². The highest BCUT2D eigenvalue weighted by molar-refractivity contribution is 5.64. The number of aromatic amines is 1. The normalized spacial score (nSPS) is 12.8. The summed E-state index contributed by atoms with van der Waals surface area (Å²) in [7, 11) is 0. The van der Waals surface area contributed by atoms with Gasteiger partial charge in [-0.25, -0.2) is 9.50 Å². The van der Waals surface area contributed by atoms with E-state index in [9.17, 15) is 4.79 Å². The molecule has 0 bridgehead atoms. The van der Waals surface area contributed by atoms with Gasteiger partial charge in [0.05, 0.1) is 11.4 Å². The van der Waals surface area contributed by atoms with E-state index in [-0.39, 0.29) is 11.6 Å². The Morgan fingerprint density at radius 1 is 1.30 bits per heavy atom. The minimum atomic E-state index is -0.259. The summed E-state index contributed by atoms with van der Waals surface area (Å²) in [4.78, 5) is 16.5. The fourth-order valence-corrected chi connectivity index (χ4v) is 2.20. The van der Waals surface area contributed by atoms with Crippen LogP contribution < -0.4 is 11.3 Å². The molecule has 2 heterocycles. The second kappa shape index (κ2) is 4.61. The Kier molecular flexibility index (Phi) is 2.91. The molecule has 0 saturated heterocycles. The lowest BCUT2D eigenvalue weighted by Crippen LogP contribution is -2.18. The summed E-state index contributed by atoms with van der Waals surface area (Å²) in [5, 5.41) is 3.07. The summed E-state index contributed by atoms with van der Waals surface area (Å²) in [6, 6.07) is 11.1. The number of fused-ring (bicyclic) bond motifs is 1. The molecular formula is C15H16N4O. The Hall–Kier alpha value is -2.40. The van der Waals surface area contributed by atoms with Crippen LogP contribution in [0.2, 0.25) is 0 Å². The lowest BCUT2D eigenvalue weighted by atomic mass is 10.1. The van der Waals surface area contributed by atoms with E-state index in [0.717, 1.165) is 16.8 Å². The maximum atomic E-state index is 12.1. The molecular weight excluding hydrogens is 252 g/mol. The van der Waals surface area contributed by atoms with Gasteiger partial charge in [-0.05, 0) is 25.5 Å². The highest BCUT2D eigenvalue weighted by Gasteiger charge is 2.09. The predicted molar refractivity (Wildman–Crippen MR) is 78.6 cm³/mol. The maximum absolute atomic E-state index is 12.1. The van der Waals surface area contributed by atoms with Crippen LogP contribution >= 0.6 is 0 Å². The lowest BCUT2D eigenvalue weighted by Gasteiger charge is -2.03. The van der Waals surface area contributed by atoms with Crippen molar-refractivity contribution in [3.05, 3.63) is 58.0 Å². The van der Waals surface area contributed by atoms with Crippen molar-refractivity contribution in [1.29, 1.82) is 0 Å². The van der Waals surface area contributed by atoms with Crippen LogP contribution in [0.15, 0.2) is 41.2 Å². The molecule has 3 aromatic rings. The average molecular weight is 268 g/mol. The molecule has 0 aliphatic rings. The van der Waals surface area contributed by atoms with E-state index in [1.807, 2.05) is 38.1 Å². The number of benzene rings is 1. The third-order valence-corrected chi connectivity index (χ3v) is 3.27. The maximum Gasteiger partial charge on any atom is 0.272 e. The molecule has 0 amide bonds. The van der Waals surface area contributed by atoms with E-state index < -0.39 is 0 Å². The Morgan fingerprint density at radius 3 is 2.80 bits per heavy atom. The Morgan fingerprint density at radius 2 is 2.10 bits per heavy atom. The zero-order valence-electron chi connectivity index (χ0n) is 11.4. The van der Waals surface area contributed by atoms with Crippen molar-refractivity contribution in [2.24, 2.45) is 5.73 Å². The topological polar surface area (TPSA) is 76.2 Å². The van der Waals surface area contributed by atoms with Crippen LogP contribution in [0.4, 0.5) is 0 Å².